The molecule has 2 rings (SSSR count). The maximum absolute atomic E-state index is 12.0. The molecular formula is C15H20O. The molecule has 1 heteroatoms. The molecule has 0 N–H and O–H groups in total. The average molecular weight is 216 g/mol. The second-order valence-corrected chi connectivity index (χ2v) is 5.12. The Morgan fingerprint density at radius 3 is 2.38 bits per heavy atom. The number of rotatable bonds is 3. The fourth-order valence-electron chi connectivity index (χ4n) is 2.54. The van der Waals surface area contributed by atoms with Gasteiger partial charge in [-0.05, 0) is 24.7 Å². The maximum atomic E-state index is 12.0. The molecule has 0 bridgehead atoms. The van der Waals surface area contributed by atoms with Gasteiger partial charge in [-0.25, -0.2) is 0 Å². The first-order valence-electron chi connectivity index (χ1n) is 6.34. The van der Waals surface area contributed by atoms with Gasteiger partial charge in [0.05, 0.1) is 0 Å². The third-order valence-corrected chi connectivity index (χ3v) is 3.71. The Labute approximate surface area is 97.9 Å². The van der Waals surface area contributed by atoms with Crippen LogP contribution in [-0.2, 0) is 0 Å². The molecule has 86 valence electrons. The molecule has 1 saturated carbocycles. The van der Waals surface area contributed by atoms with Gasteiger partial charge in [-0.3, -0.25) is 4.79 Å². The summed E-state index contributed by atoms with van der Waals surface area (Å²) in [5.74, 6) is 1.81. The van der Waals surface area contributed by atoms with Gasteiger partial charge >= 0.3 is 0 Å². The molecule has 0 aliphatic heterocycles. The Bertz CT molecular complexity index is 334. The van der Waals surface area contributed by atoms with Gasteiger partial charge in [-0.2, -0.15) is 0 Å². The van der Waals surface area contributed by atoms with E-state index >= 15 is 0 Å². The Morgan fingerprint density at radius 2 is 1.75 bits per heavy atom. The highest BCUT2D eigenvalue weighted by Crippen LogP contribution is 2.31. The minimum atomic E-state index is 0.320. The van der Waals surface area contributed by atoms with Crippen molar-refractivity contribution >= 4 is 5.78 Å². The van der Waals surface area contributed by atoms with Crippen LogP contribution in [0, 0.1) is 11.8 Å². The van der Waals surface area contributed by atoms with Gasteiger partial charge in [0.25, 0.3) is 0 Å². The first-order valence-corrected chi connectivity index (χ1v) is 6.34. The summed E-state index contributed by atoms with van der Waals surface area (Å²) < 4.78 is 0. The molecular weight excluding hydrogens is 196 g/mol. The molecule has 1 nitrogen and oxygen atoms in total. The van der Waals surface area contributed by atoms with E-state index in [2.05, 4.69) is 6.92 Å². The van der Waals surface area contributed by atoms with E-state index in [-0.39, 0.29) is 0 Å². The van der Waals surface area contributed by atoms with Crippen LogP contribution in [0.15, 0.2) is 30.3 Å². The van der Waals surface area contributed by atoms with E-state index in [9.17, 15) is 4.79 Å². The van der Waals surface area contributed by atoms with Crippen LogP contribution in [0.3, 0.4) is 0 Å². The quantitative estimate of drug-likeness (QED) is 0.696. The van der Waals surface area contributed by atoms with Gasteiger partial charge < -0.3 is 0 Å². The lowest BCUT2D eigenvalue weighted by atomic mass is 9.80. The molecule has 0 radical (unpaired) electrons. The zero-order valence-corrected chi connectivity index (χ0v) is 9.99. The van der Waals surface area contributed by atoms with Crippen molar-refractivity contribution in [3.63, 3.8) is 0 Å². The summed E-state index contributed by atoms with van der Waals surface area (Å²) in [7, 11) is 0. The third kappa shape index (κ3) is 2.94. The lowest BCUT2D eigenvalue weighted by molar-refractivity contribution is 0.0944. The van der Waals surface area contributed by atoms with Gasteiger partial charge in [0.2, 0.25) is 0 Å². The zero-order valence-electron chi connectivity index (χ0n) is 9.99. The van der Waals surface area contributed by atoms with Crippen LogP contribution < -0.4 is 0 Å². The van der Waals surface area contributed by atoms with Crippen LogP contribution in [0.5, 0.6) is 0 Å². The van der Waals surface area contributed by atoms with Crippen LogP contribution in [0.1, 0.15) is 49.4 Å². The first-order chi connectivity index (χ1) is 7.75. The summed E-state index contributed by atoms with van der Waals surface area (Å²) >= 11 is 0. The standard InChI is InChI=1S/C15H20O/c1-12-7-9-13(10-8-12)11-15(16)14-5-3-2-4-6-14/h2-6,12-13H,7-11H2,1H3. The molecule has 1 aliphatic rings. The number of ketones is 1. The molecule has 1 aromatic carbocycles. The number of benzene rings is 1. The number of Topliss-reactive ketones (excluding diaryl/α,β-unsaturated/α-hetero) is 1. The molecule has 16 heavy (non-hydrogen) atoms. The topological polar surface area (TPSA) is 17.1 Å². The lowest BCUT2D eigenvalue weighted by Crippen LogP contribution is -2.16. The number of hydrogen-bond donors (Lipinski definition) is 0. The van der Waals surface area contributed by atoms with Gasteiger partial charge in [-0.15, -0.1) is 0 Å². The normalized spacial score (nSPS) is 25.3. The van der Waals surface area contributed by atoms with Gasteiger partial charge in [-0.1, -0.05) is 50.1 Å². The fraction of sp³-hybridized carbons (Fsp3) is 0.533. The summed E-state index contributed by atoms with van der Waals surface area (Å²) in [6.07, 6.45) is 5.82. The minimum Gasteiger partial charge on any atom is -0.294 e. The average Bonchev–Trinajstić information content (AvgIpc) is 2.33. The van der Waals surface area contributed by atoms with Crippen molar-refractivity contribution in [2.24, 2.45) is 11.8 Å². The third-order valence-electron chi connectivity index (χ3n) is 3.71. The van der Waals surface area contributed by atoms with Crippen LogP contribution in [0.4, 0.5) is 0 Å². The highest BCUT2D eigenvalue weighted by Gasteiger charge is 2.20. The summed E-state index contributed by atoms with van der Waals surface area (Å²) in [5.41, 5.74) is 0.876. The van der Waals surface area contributed by atoms with Crippen molar-refractivity contribution in [1.29, 1.82) is 0 Å². The molecule has 0 spiro atoms. The predicted octanol–water partition coefficient (Wildman–Crippen LogP) is 4.09. The van der Waals surface area contributed by atoms with E-state index in [0.29, 0.717) is 11.7 Å². The van der Waals surface area contributed by atoms with Crippen molar-refractivity contribution in [1.82, 2.24) is 0 Å². The summed E-state index contributed by atoms with van der Waals surface area (Å²) in [6, 6.07) is 9.69. The van der Waals surface area contributed by atoms with Crippen LogP contribution >= 0.6 is 0 Å². The molecule has 1 fully saturated rings. The van der Waals surface area contributed by atoms with Crippen molar-refractivity contribution in [3.8, 4) is 0 Å². The molecule has 0 amide bonds. The number of carbonyl (C=O) groups is 1. The minimum absolute atomic E-state index is 0.320. The first kappa shape index (κ1) is 11.4. The smallest absolute Gasteiger partial charge is 0.163 e. The molecule has 1 aliphatic carbocycles. The summed E-state index contributed by atoms with van der Waals surface area (Å²) in [6.45, 7) is 2.31. The zero-order chi connectivity index (χ0) is 11.4. The highest BCUT2D eigenvalue weighted by molar-refractivity contribution is 5.96. The summed E-state index contributed by atoms with van der Waals surface area (Å²) in [5, 5.41) is 0. The summed E-state index contributed by atoms with van der Waals surface area (Å²) in [4.78, 5) is 12.0. The van der Waals surface area contributed by atoms with Gasteiger partial charge in [0.15, 0.2) is 5.78 Å². The van der Waals surface area contributed by atoms with E-state index in [1.165, 1.54) is 25.7 Å². The van der Waals surface area contributed by atoms with Gasteiger partial charge in [0.1, 0.15) is 0 Å². The second kappa shape index (κ2) is 5.29. The molecule has 1 aromatic rings. The van der Waals surface area contributed by atoms with E-state index < -0.39 is 0 Å². The Hall–Kier alpha value is -1.11. The van der Waals surface area contributed by atoms with Gasteiger partial charge in [0, 0.05) is 12.0 Å². The predicted molar refractivity (Wildman–Crippen MR) is 66.5 cm³/mol. The van der Waals surface area contributed by atoms with E-state index in [0.717, 1.165) is 17.9 Å². The van der Waals surface area contributed by atoms with E-state index in [4.69, 9.17) is 0 Å². The SMILES string of the molecule is CC1CCC(CC(=O)c2ccccc2)CC1. The maximum Gasteiger partial charge on any atom is 0.163 e. The van der Waals surface area contributed by atoms with E-state index in [1.54, 1.807) is 0 Å². The van der Waals surface area contributed by atoms with Crippen molar-refractivity contribution in [2.45, 2.75) is 39.0 Å². The molecule has 0 atom stereocenters. The molecule has 0 heterocycles. The second-order valence-electron chi connectivity index (χ2n) is 5.12. The van der Waals surface area contributed by atoms with Crippen LogP contribution in [0.25, 0.3) is 0 Å². The Kier molecular flexibility index (Phi) is 3.76. The van der Waals surface area contributed by atoms with Crippen LogP contribution in [-0.4, -0.2) is 5.78 Å². The largest absolute Gasteiger partial charge is 0.294 e. The van der Waals surface area contributed by atoms with Crippen molar-refractivity contribution in [2.75, 3.05) is 0 Å². The monoisotopic (exact) mass is 216 g/mol. The van der Waals surface area contributed by atoms with Crippen molar-refractivity contribution in [3.05, 3.63) is 35.9 Å². The molecule has 0 aromatic heterocycles. The van der Waals surface area contributed by atoms with Crippen molar-refractivity contribution < 1.29 is 4.79 Å². The molecule has 0 unspecified atom stereocenters. The number of hydrogen-bond acceptors (Lipinski definition) is 1. The highest BCUT2D eigenvalue weighted by atomic mass is 16.1. The number of carbonyl (C=O) groups excluding carboxylic acids is 1. The van der Waals surface area contributed by atoms with Crippen LogP contribution in [0.2, 0.25) is 0 Å². The lowest BCUT2D eigenvalue weighted by Gasteiger charge is -2.25. The fourth-order valence-corrected chi connectivity index (χ4v) is 2.54. The Morgan fingerprint density at radius 1 is 1.12 bits per heavy atom. The Balaban J connectivity index is 1.88. The van der Waals surface area contributed by atoms with E-state index in [1.807, 2.05) is 30.3 Å². The molecule has 0 saturated heterocycles.